The van der Waals surface area contributed by atoms with Crippen LogP contribution < -0.4 is 21.7 Å². The number of carbonyl (C=O) groups is 2. The molecule has 5 N–H and O–H groups in total. The molecule has 1 rings (SSSR count). The van der Waals surface area contributed by atoms with E-state index in [0.717, 1.165) is 24.5 Å². The van der Waals surface area contributed by atoms with E-state index in [-0.39, 0.29) is 12.5 Å². The van der Waals surface area contributed by atoms with Gasteiger partial charge in [-0.2, -0.15) is 0 Å². The number of amides is 2. The molecule has 0 heterocycles. The normalized spacial score (nSPS) is 11.3. The fourth-order valence-corrected chi connectivity index (χ4v) is 2.17. The Bertz CT molecular complexity index is 582. The van der Waals surface area contributed by atoms with E-state index in [1.165, 1.54) is 6.42 Å². The van der Waals surface area contributed by atoms with Crippen molar-refractivity contribution in [1.29, 1.82) is 0 Å². The first kappa shape index (κ1) is 20.5. The summed E-state index contributed by atoms with van der Waals surface area (Å²) in [6.45, 7) is 5.75. The molecule has 138 valence electrons. The zero-order chi connectivity index (χ0) is 18.7. The van der Waals surface area contributed by atoms with Crippen LogP contribution >= 0.6 is 0 Å². The summed E-state index contributed by atoms with van der Waals surface area (Å²) in [6.07, 6.45) is 2.29. The SMILES string of the molecule is CN=C(NCCCC(C)C)NCc1ccc(C(=O)NCC(N)=O)cc1. The third-order valence-corrected chi connectivity index (χ3v) is 3.57. The maximum Gasteiger partial charge on any atom is 0.251 e. The van der Waals surface area contributed by atoms with E-state index in [2.05, 4.69) is 34.8 Å². The van der Waals surface area contributed by atoms with Gasteiger partial charge in [-0.1, -0.05) is 26.0 Å². The van der Waals surface area contributed by atoms with Gasteiger partial charge in [0, 0.05) is 25.7 Å². The second-order valence-corrected chi connectivity index (χ2v) is 6.23. The largest absolute Gasteiger partial charge is 0.368 e. The molecule has 0 bridgehead atoms. The van der Waals surface area contributed by atoms with Gasteiger partial charge in [0.1, 0.15) is 0 Å². The maximum atomic E-state index is 11.8. The van der Waals surface area contributed by atoms with Crippen LogP contribution in [-0.2, 0) is 11.3 Å². The molecular formula is C18H29N5O2. The first-order valence-corrected chi connectivity index (χ1v) is 8.52. The molecule has 0 aliphatic rings. The molecule has 0 spiro atoms. The Morgan fingerprint density at radius 3 is 2.36 bits per heavy atom. The quantitative estimate of drug-likeness (QED) is 0.304. The molecule has 1 aromatic carbocycles. The lowest BCUT2D eigenvalue weighted by Crippen LogP contribution is -2.37. The minimum absolute atomic E-state index is 0.166. The molecule has 0 atom stereocenters. The van der Waals surface area contributed by atoms with Crippen LogP contribution in [0.4, 0.5) is 0 Å². The number of hydrogen-bond donors (Lipinski definition) is 4. The first-order valence-electron chi connectivity index (χ1n) is 8.52. The van der Waals surface area contributed by atoms with Gasteiger partial charge in [0.25, 0.3) is 5.91 Å². The summed E-state index contributed by atoms with van der Waals surface area (Å²) in [5.41, 5.74) is 6.51. The van der Waals surface area contributed by atoms with Crippen molar-refractivity contribution in [3.63, 3.8) is 0 Å². The Kier molecular flexibility index (Phi) is 9.06. The summed E-state index contributed by atoms with van der Waals surface area (Å²) in [5.74, 6) is 0.574. The van der Waals surface area contributed by atoms with Gasteiger partial charge in [0.05, 0.1) is 6.54 Å². The first-order chi connectivity index (χ1) is 11.9. The molecule has 0 saturated carbocycles. The molecule has 0 unspecified atom stereocenters. The second kappa shape index (κ2) is 11.1. The van der Waals surface area contributed by atoms with E-state index >= 15 is 0 Å². The van der Waals surface area contributed by atoms with Gasteiger partial charge in [0.15, 0.2) is 5.96 Å². The Morgan fingerprint density at radius 2 is 1.80 bits per heavy atom. The van der Waals surface area contributed by atoms with Crippen molar-refractivity contribution in [3.05, 3.63) is 35.4 Å². The summed E-state index contributed by atoms with van der Waals surface area (Å²) >= 11 is 0. The molecule has 7 nitrogen and oxygen atoms in total. The van der Waals surface area contributed by atoms with Gasteiger partial charge in [-0.3, -0.25) is 14.6 Å². The number of rotatable bonds is 9. The van der Waals surface area contributed by atoms with Crippen molar-refractivity contribution in [1.82, 2.24) is 16.0 Å². The average molecular weight is 347 g/mol. The van der Waals surface area contributed by atoms with Crippen LogP contribution in [0.15, 0.2) is 29.3 Å². The highest BCUT2D eigenvalue weighted by Crippen LogP contribution is 2.04. The number of aliphatic imine (C=N–C) groups is 1. The predicted octanol–water partition coefficient (Wildman–Crippen LogP) is 1.00. The molecule has 0 aliphatic carbocycles. The lowest BCUT2D eigenvalue weighted by Gasteiger charge is -2.12. The molecule has 0 aromatic heterocycles. The fourth-order valence-electron chi connectivity index (χ4n) is 2.17. The van der Waals surface area contributed by atoms with Crippen molar-refractivity contribution in [2.45, 2.75) is 33.2 Å². The number of carbonyl (C=O) groups excluding carboxylic acids is 2. The summed E-state index contributed by atoms with van der Waals surface area (Å²) in [7, 11) is 1.74. The number of nitrogens with two attached hydrogens (primary N) is 1. The van der Waals surface area contributed by atoms with Gasteiger partial charge < -0.3 is 21.7 Å². The highest BCUT2D eigenvalue weighted by molar-refractivity contribution is 5.96. The lowest BCUT2D eigenvalue weighted by molar-refractivity contribution is -0.117. The van der Waals surface area contributed by atoms with E-state index in [4.69, 9.17) is 5.73 Å². The number of benzene rings is 1. The zero-order valence-electron chi connectivity index (χ0n) is 15.3. The van der Waals surface area contributed by atoms with E-state index in [1.54, 1.807) is 19.2 Å². The Balaban J connectivity index is 2.41. The fraction of sp³-hybridized carbons (Fsp3) is 0.500. The number of hydrogen-bond acceptors (Lipinski definition) is 3. The lowest BCUT2D eigenvalue weighted by atomic mass is 10.1. The van der Waals surface area contributed by atoms with E-state index in [9.17, 15) is 9.59 Å². The summed E-state index contributed by atoms with van der Waals surface area (Å²) in [4.78, 5) is 26.7. The van der Waals surface area contributed by atoms with Crippen molar-refractivity contribution >= 4 is 17.8 Å². The molecule has 7 heteroatoms. The summed E-state index contributed by atoms with van der Waals surface area (Å²) in [5, 5.41) is 8.98. The Labute approximate surface area is 149 Å². The third-order valence-electron chi connectivity index (χ3n) is 3.57. The molecule has 0 fully saturated rings. The standard InChI is InChI=1S/C18H29N5O2/c1-13(2)5-4-10-21-18(20-3)23-11-14-6-8-15(9-7-14)17(25)22-12-16(19)24/h6-9,13H,4-5,10-12H2,1-3H3,(H2,19,24)(H,22,25)(H2,20,21,23). The van der Waals surface area contributed by atoms with Crippen LogP contribution in [0.2, 0.25) is 0 Å². The highest BCUT2D eigenvalue weighted by atomic mass is 16.2. The van der Waals surface area contributed by atoms with Crippen LogP contribution in [-0.4, -0.2) is 37.9 Å². The van der Waals surface area contributed by atoms with Gasteiger partial charge >= 0.3 is 0 Å². The van der Waals surface area contributed by atoms with Crippen molar-refractivity contribution in [3.8, 4) is 0 Å². The van der Waals surface area contributed by atoms with Gasteiger partial charge in [-0.05, 0) is 36.5 Å². The van der Waals surface area contributed by atoms with Gasteiger partial charge in [-0.15, -0.1) is 0 Å². The monoisotopic (exact) mass is 347 g/mol. The van der Waals surface area contributed by atoms with E-state index < -0.39 is 5.91 Å². The van der Waals surface area contributed by atoms with Crippen LogP contribution in [0.3, 0.4) is 0 Å². The van der Waals surface area contributed by atoms with Crippen molar-refractivity contribution in [2.24, 2.45) is 16.6 Å². The van der Waals surface area contributed by atoms with Gasteiger partial charge in [-0.25, -0.2) is 0 Å². The Hall–Kier alpha value is -2.57. The minimum Gasteiger partial charge on any atom is -0.368 e. The predicted molar refractivity (Wildman–Crippen MR) is 100 cm³/mol. The average Bonchev–Trinajstić information content (AvgIpc) is 2.59. The second-order valence-electron chi connectivity index (χ2n) is 6.23. The molecule has 0 saturated heterocycles. The molecular weight excluding hydrogens is 318 g/mol. The van der Waals surface area contributed by atoms with E-state index in [0.29, 0.717) is 18.0 Å². The number of nitrogens with one attached hydrogen (secondary N) is 3. The van der Waals surface area contributed by atoms with E-state index in [1.807, 2.05) is 12.1 Å². The minimum atomic E-state index is -0.568. The molecule has 25 heavy (non-hydrogen) atoms. The summed E-state index contributed by atoms with van der Waals surface area (Å²) in [6, 6.07) is 7.15. The van der Waals surface area contributed by atoms with Crippen molar-refractivity contribution in [2.75, 3.05) is 20.1 Å². The van der Waals surface area contributed by atoms with Crippen LogP contribution in [0, 0.1) is 5.92 Å². The van der Waals surface area contributed by atoms with Gasteiger partial charge in [0.2, 0.25) is 5.91 Å². The maximum absolute atomic E-state index is 11.8. The number of nitrogens with zero attached hydrogens (tertiary/aromatic N) is 1. The third kappa shape index (κ3) is 8.74. The van der Waals surface area contributed by atoms with Crippen LogP contribution in [0.1, 0.15) is 42.6 Å². The number of guanidine groups is 1. The smallest absolute Gasteiger partial charge is 0.251 e. The Morgan fingerprint density at radius 1 is 1.12 bits per heavy atom. The highest BCUT2D eigenvalue weighted by Gasteiger charge is 2.06. The molecule has 0 radical (unpaired) electrons. The molecule has 0 aliphatic heterocycles. The van der Waals surface area contributed by atoms with Crippen LogP contribution in [0.5, 0.6) is 0 Å². The topological polar surface area (TPSA) is 109 Å². The summed E-state index contributed by atoms with van der Waals surface area (Å²) < 4.78 is 0. The molecule has 2 amide bonds. The van der Waals surface area contributed by atoms with Crippen LogP contribution in [0.25, 0.3) is 0 Å². The van der Waals surface area contributed by atoms with Crippen molar-refractivity contribution < 1.29 is 9.59 Å². The molecule has 1 aromatic rings. The number of primary amides is 1. The zero-order valence-corrected chi connectivity index (χ0v) is 15.3.